The average molecular weight is 1810 g/mol. The molecule has 0 saturated carbocycles. The van der Waals surface area contributed by atoms with E-state index in [0.717, 1.165) is 78.4 Å². The zero-order valence-electron chi connectivity index (χ0n) is 77.2. The molecule has 0 saturated heterocycles. The van der Waals surface area contributed by atoms with E-state index in [1.807, 2.05) is 129 Å². The number of hydrogen-bond acceptors (Lipinski definition) is 7. The van der Waals surface area contributed by atoms with Gasteiger partial charge in [-0.25, -0.2) is 0 Å². The minimum absolute atomic E-state index is 0.974. The van der Waals surface area contributed by atoms with Crippen molar-refractivity contribution < 1.29 is 0 Å². The molecule has 0 unspecified atom stereocenters. The summed E-state index contributed by atoms with van der Waals surface area (Å²) in [6.45, 7) is 0. The Morgan fingerprint density at radius 2 is 0.338 bits per heavy atom. The first-order valence-corrected chi connectivity index (χ1v) is 48.2. The predicted octanol–water partition coefficient (Wildman–Crippen LogP) is 35.7. The molecule has 0 spiro atoms. The summed E-state index contributed by atoms with van der Waals surface area (Å²) in [7, 11) is 0. The monoisotopic (exact) mass is 1800 g/mol. The highest BCUT2D eigenvalue weighted by Gasteiger charge is 2.24. The van der Waals surface area contributed by atoms with Crippen LogP contribution in [0.5, 0.6) is 0 Å². The number of fused-ring (bicyclic) bond motifs is 1. The molecule has 0 atom stereocenters. The molecule has 142 heavy (non-hydrogen) atoms. The average Bonchev–Trinajstić information content (AvgIpc) is 0.724. The molecule has 660 valence electrons. The molecule has 0 radical (unpaired) electrons. The molecular weight excluding hydrogens is 1720 g/mol. The van der Waals surface area contributed by atoms with Crippen LogP contribution >= 0.6 is 0 Å². The van der Waals surface area contributed by atoms with Crippen molar-refractivity contribution in [3.63, 3.8) is 0 Å². The van der Waals surface area contributed by atoms with E-state index in [1.165, 1.54) is 197 Å². The third kappa shape index (κ3) is 15.5. The quantitative estimate of drug-likeness (QED) is 0.0945. The Morgan fingerprint density at radius 3 is 0.627 bits per heavy atom. The summed E-state index contributed by atoms with van der Waals surface area (Å²) >= 11 is 0. The first-order chi connectivity index (χ1) is 70.4. The Bertz CT molecular complexity index is 8710. The molecule has 7 nitrogen and oxygen atoms in total. The Morgan fingerprint density at radius 1 is 0.113 bits per heavy atom. The maximum Gasteiger partial charge on any atom is 0.0702 e. The summed E-state index contributed by atoms with van der Waals surface area (Å²) in [6.07, 6.45) is 18.6. The third-order valence-electron chi connectivity index (χ3n) is 28.3. The lowest BCUT2D eigenvalue weighted by Crippen LogP contribution is -1.92. The van der Waals surface area contributed by atoms with E-state index in [2.05, 4.69) is 423 Å². The van der Waals surface area contributed by atoms with Gasteiger partial charge < -0.3 is 0 Å². The molecule has 28 rings (SSSR count). The van der Waals surface area contributed by atoms with E-state index < -0.39 is 0 Å². The van der Waals surface area contributed by atoms with Crippen LogP contribution in [-0.4, -0.2) is 34.9 Å². The number of hydrogen-bond donors (Lipinski definition) is 0. The van der Waals surface area contributed by atoms with Gasteiger partial charge in [-0.05, 0) is 358 Å². The SMILES string of the molecule is c1ccc(-c2cc3ccc4c(-c5ccc(-c6cccnc6)cc5)cc(-c5ccc(-c6cccnc6)cc5)c5ccc(c2)c3c45)cc1.c1ccc(-c2ccc(-c3cc(-c4ccc(-c5ccccn5)cc4)c4ccc5cc(-c6ccccn6)cc6ccc3c4c65)cc2)nc1.c1ccc(-c2ccc(-c3cc(-c4ccc(-c5cccnc5)cc4)c4ccc5cc(-c6ccc7ccccc7c6)cc6ccc3c4c56)cc2)nc1. The Balaban J connectivity index is 0.000000109. The summed E-state index contributed by atoms with van der Waals surface area (Å²) in [6, 6.07) is 164. The molecule has 0 aliphatic carbocycles. The summed E-state index contributed by atoms with van der Waals surface area (Å²) in [5.41, 5.74) is 34.6. The molecular formula is C135H85N7. The van der Waals surface area contributed by atoms with Crippen LogP contribution in [0.1, 0.15) is 0 Å². The smallest absolute Gasteiger partial charge is 0.0702 e. The number of benzene rings is 21. The van der Waals surface area contributed by atoms with Crippen molar-refractivity contribution in [2.75, 3.05) is 0 Å². The van der Waals surface area contributed by atoms with Crippen LogP contribution in [0.15, 0.2) is 517 Å². The fourth-order valence-electron chi connectivity index (χ4n) is 21.4. The Labute approximate surface area is 821 Å². The van der Waals surface area contributed by atoms with Crippen molar-refractivity contribution in [2.24, 2.45) is 0 Å². The van der Waals surface area contributed by atoms with Crippen LogP contribution in [-0.2, 0) is 0 Å². The molecule has 0 aliphatic rings. The van der Waals surface area contributed by atoms with Gasteiger partial charge in [-0.2, -0.15) is 0 Å². The van der Waals surface area contributed by atoms with Crippen molar-refractivity contribution in [1.82, 2.24) is 34.9 Å². The molecule has 0 bridgehead atoms. The van der Waals surface area contributed by atoms with Gasteiger partial charge in [0.25, 0.3) is 0 Å². The Kier molecular flexibility index (Phi) is 21.2. The minimum atomic E-state index is 0.974. The van der Waals surface area contributed by atoms with Gasteiger partial charge in [-0.3, -0.25) is 34.9 Å². The number of rotatable bonds is 15. The maximum atomic E-state index is 4.64. The van der Waals surface area contributed by atoms with E-state index in [4.69, 9.17) is 0 Å². The standard InChI is InChI=1S/C48H30N2.C44H28N2.C43H27N3/c1-2-7-36-26-37(19-12-31(36)6-1)41-27-38-20-22-42-44(33-13-10-32(11-14-33)40-8-5-24-49-30-40)29-45(43-23-21-39(28-41)47(38)48(42)43)34-15-17-35(18-16-34)46-9-3-4-25-50-46;1-2-6-29(7-3-1)38-24-34-18-20-39-41(32-14-10-30(11-15-32)36-8-4-22-45-27-36)26-42(40-21-19-35(25-38)43(34)44(39)40)33-16-12-31(13-17-33)37-9-5-23-46-28-37;1-4-22-44-39(7-1)30-14-10-28(11-15-30)37-27-38(29-12-16-31(17-13-29)40-8-2-5-23-45-40)36-21-19-33-26-34(41-9-3-6-24-46-41)25-32-18-20-35(37)43(36)42(32)33/h1-30H;1-28H;1-27H. The number of aromatic nitrogens is 7. The van der Waals surface area contributed by atoms with E-state index in [1.54, 1.807) is 0 Å². The normalized spacial score (nSPS) is 11.5. The molecule has 7 heteroatoms. The largest absolute Gasteiger partial charge is 0.264 e. The lowest BCUT2D eigenvalue weighted by atomic mass is 9.84. The van der Waals surface area contributed by atoms with Gasteiger partial charge in [-0.15, -0.1) is 0 Å². The molecule has 0 amide bonds. The van der Waals surface area contributed by atoms with Gasteiger partial charge in [0.15, 0.2) is 0 Å². The molecule has 21 aromatic carbocycles. The number of nitrogens with zero attached hydrogens (tertiary/aromatic N) is 7. The fraction of sp³-hybridized carbons (Fsp3) is 0. The van der Waals surface area contributed by atoms with Crippen molar-refractivity contribution in [3.05, 3.63) is 517 Å². The van der Waals surface area contributed by atoms with E-state index in [9.17, 15) is 0 Å². The van der Waals surface area contributed by atoms with Crippen molar-refractivity contribution >= 4 is 108 Å². The van der Waals surface area contributed by atoms with Crippen LogP contribution < -0.4 is 0 Å². The van der Waals surface area contributed by atoms with Gasteiger partial charge in [0.1, 0.15) is 0 Å². The molecule has 0 N–H and O–H groups in total. The Hall–Kier alpha value is -19.0. The van der Waals surface area contributed by atoms with Gasteiger partial charge in [0, 0.05) is 84.2 Å². The van der Waals surface area contributed by atoms with Crippen molar-refractivity contribution in [3.8, 4) is 167 Å². The van der Waals surface area contributed by atoms with Crippen LogP contribution in [0, 0.1) is 0 Å². The van der Waals surface area contributed by atoms with Crippen molar-refractivity contribution in [1.29, 1.82) is 0 Å². The predicted molar refractivity (Wildman–Crippen MR) is 594 cm³/mol. The lowest BCUT2D eigenvalue weighted by molar-refractivity contribution is 1.33. The summed E-state index contributed by atoms with van der Waals surface area (Å²) in [4.78, 5) is 31.3. The zero-order valence-corrected chi connectivity index (χ0v) is 77.2. The molecule has 0 fully saturated rings. The van der Waals surface area contributed by atoms with Crippen LogP contribution in [0.4, 0.5) is 0 Å². The van der Waals surface area contributed by atoms with E-state index >= 15 is 0 Å². The second kappa shape index (κ2) is 35.9. The maximum absolute atomic E-state index is 4.64. The van der Waals surface area contributed by atoms with Gasteiger partial charge in [-0.1, -0.05) is 328 Å². The topological polar surface area (TPSA) is 90.2 Å². The molecule has 7 aromatic heterocycles. The third-order valence-corrected chi connectivity index (χ3v) is 28.3. The number of pyridine rings is 7. The first-order valence-electron chi connectivity index (χ1n) is 48.2. The summed E-state index contributed by atoms with van der Waals surface area (Å²) in [5.74, 6) is 0. The van der Waals surface area contributed by atoms with Gasteiger partial charge in [0.05, 0.1) is 22.8 Å². The van der Waals surface area contributed by atoms with Crippen LogP contribution in [0.25, 0.3) is 275 Å². The van der Waals surface area contributed by atoms with E-state index in [0.29, 0.717) is 0 Å². The van der Waals surface area contributed by atoms with E-state index in [-0.39, 0.29) is 0 Å². The first kappa shape index (κ1) is 83.6. The van der Waals surface area contributed by atoms with Crippen LogP contribution in [0.2, 0.25) is 0 Å². The molecule has 7 heterocycles. The minimum Gasteiger partial charge on any atom is -0.264 e. The highest BCUT2D eigenvalue weighted by atomic mass is 14.7. The zero-order chi connectivity index (χ0) is 93.9. The molecule has 0 aliphatic heterocycles. The summed E-state index contributed by atoms with van der Waals surface area (Å²) < 4.78 is 0. The van der Waals surface area contributed by atoms with Crippen molar-refractivity contribution in [2.45, 2.75) is 0 Å². The highest BCUT2D eigenvalue weighted by Crippen LogP contribution is 2.51. The second-order valence-corrected chi connectivity index (χ2v) is 36.6. The van der Waals surface area contributed by atoms with Gasteiger partial charge >= 0.3 is 0 Å². The fourth-order valence-corrected chi connectivity index (χ4v) is 21.4. The van der Waals surface area contributed by atoms with Crippen LogP contribution in [0.3, 0.4) is 0 Å². The molecule has 28 aromatic rings. The lowest BCUT2D eigenvalue weighted by Gasteiger charge is -2.19. The second-order valence-electron chi connectivity index (χ2n) is 36.6. The van der Waals surface area contributed by atoms with Gasteiger partial charge in [0.2, 0.25) is 0 Å². The highest BCUT2D eigenvalue weighted by molar-refractivity contribution is 6.32. The summed E-state index contributed by atoms with van der Waals surface area (Å²) in [5, 5.41) is 25.4.